The smallest absolute Gasteiger partial charge is 0.331 e. The van der Waals surface area contributed by atoms with Gasteiger partial charge in [-0.25, -0.2) is 4.79 Å². The largest absolute Gasteiger partial charge is 0.496 e. The van der Waals surface area contributed by atoms with Crippen molar-refractivity contribution in [3.8, 4) is 16.9 Å². The van der Waals surface area contributed by atoms with Crippen molar-refractivity contribution in [2.45, 2.75) is 26.4 Å². The molecule has 7 nitrogen and oxygen atoms in total. The van der Waals surface area contributed by atoms with Gasteiger partial charge in [0.05, 0.1) is 12.7 Å². The van der Waals surface area contributed by atoms with Gasteiger partial charge in [0.25, 0.3) is 5.56 Å². The minimum Gasteiger partial charge on any atom is -0.496 e. The molecule has 0 aliphatic rings. The first-order chi connectivity index (χ1) is 11.3. The number of benzene rings is 1. The summed E-state index contributed by atoms with van der Waals surface area (Å²) in [6.45, 7) is 2.79. The lowest BCUT2D eigenvalue weighted by Crippen LogP contribution is -2.42. The standard InChI is InChI=1S/C16H17ClN2O5/c1-9(2)19-15(22)12(7-18(16(19)23)8-14(20)21)11-6-10(17)4-5-13(11)24-3/h4-7,9H,8H2,1-3H3,(H,20,21). The van der Waals surface area contributed by atoms with Crippen LogP contribution in [0.5, 0.6) is 5.75 Å². The fourth-order valence-corrected chi connectivity index (χ4v) is 2.58. The molecule has 128 valence electrons. The third-order valence-corrected chi connectivity index (χ3v) is 3.69. The number of hydrogen-bond acceptors (Lipinski definition) is 4. The van der Waals surface area contributed by atoms with E-state index in [2.05, 4.69) is 0 Å². The van der Waals surface area contributed by atoms with E-state index in [0.717, 1.165) is 9.13 Å². The van der Waals surface area contributed by atoms with E-state index >= 15 is 0 Å². The average Bonchev–Trinajstić information content (AvgIpc) is 2.49. The molecule has 1 N–H and O–H groups in total. The topological polar surface area (TPSA) is 90.5 Å². The summed E-state index contributed by atoms with van der Waals surface area (Å²) in [5.74, 6) is -0.789. The number of carbonyl (C=O) groups is 1. The lowest BCUT2D eigenvalue weighted by molar-refractivity contribution is -0.137. The Balaban J connectivity index is 2.87. The zero-order valence-corrected chi connectivity index (χ0v) is 14.2. The first-order valence-corrected chi connectivity index (χ1v) is 7.55. The minimum absolute atomic E-state index is 0.143. The number of carboxylic acid groups (broad SMARTS) is 1. The number of rotatable bonds is 5. The van der Waals surface area contributed by atoms with Crippen molar-refractivity contribution in [2.75, 3.05) is 7.11 Å². The molecule has 8 heteroatoms. The number of aromatic nitrogens is 2. The Morgan fingerprint density at radius 2 is 1.96 bits per heavy atom. The van der Waals surface area contributed by atoms with Gasteiger partial charge in [0, 0.05) is 22.8 Å². The molecule has 1 aromatic heterocycles. The summed E-state index contributed by atoms with van der Waals surface area (Å²) in [5.41, 5.74) is -0.674. The van der Waals surface area contributed by atoms with Crippen molar-refractivity contribution in [2.24, 2.45) is 0 Å². The van der Waals surface area contributed by atoms with E-state index in [1.165, 1.54) is 19.4 Å². The number of nitrogens with zero attached hydrogens (tertiary/aromatic N) is 2. The molecule has 0 aliphatic heterocycles. The summed E-state index contributed by atoms with van der Waals surface area (Å²) in [6, 6.07) is 4.31. The van der Waals surface area contributed by atoms with Gasteiger partial charge >= 0.3 is 11.7 Å². The molecule has 1 heterocycles. The summed E-state index contributed by atoms with van der Waals surface area (Å²) < 4.78 is 7.25. The summed E-state index contributed by atoms with van der Waals surface area (Å²) in [6.07, 6.45) is 1.23. The fourth-order valence-electron chi connectivity index (χ4n) is 2.41. The number of hydrogen-bond donors (Lipinski definition) is 1. The Kier molecular flexibility index (Phi) is 5.14. The fraction of sp³-hybridized carbons (Fsp3) is 0.312. The average molecular weight is 353 g/mol. The van der Waals surface area contributed by atoms with E-state index in [0.29, 0.717) is 16.3 Å². The number of methoxy groups -OCH3 is 1. The van der Waals surface area contributed by atoms with Crippen molar-refractivity contribution in [1.29, 1.82) is 0 Å². The Hall–Kier alpha value is -2.54. The van der Waals surface area contributed by atoms with Crippen LogP contribution < -0.4 is 16.0 Å². The number of carboxylic acids is 1. The van der Waals surface area contributed by atoms with Crippen LogP contribution in [0.4, 0.5) is 0 Å². The second kappa shape index (κ2) is 6.92. The lowest BCUT2D eigenvalue weighted by atomic mass is 10.1. The molecule has 0 bridgehead atoms. The van der Waals surface area contributed by atoms with Crippen molar-refractivity contribution in [3.63, 3.8) is 0 Å². The highest BCUT2D eigenvalue weighted by Gasteiger charge is 2.19. The zero-order valence-electron chi connectivity index (χ0n) is 13.4. The maximum Gasteiger partial charge on any atom is 0.331 e. The van der Waals surface area contributed by atoms with Gasteiger partial charge in [-0.05, 0) is 32.0 Å². The third-order valence-electron chi connectivity index (χ3n) is 3.46. The van der Waals surface area contributed by atoms with E-state index in [4.69, 9.17) is 21.4 Å². The highest BCUT2D eigenvalue weighted by Crippen LogP contribution is 2.30. The number of aliphatic carboxylic acids is 1. The predicted octanol–water partition coefficient (Wildman–Crippen LogP) is 2.00. The molecule has 1 aromatic carbocycles. The van der Waals surface area contributed by atoms with Crippen LogP contribution >= 0.6 is 11.6 Å². The molecule has 0 aliphatic carbocycles. The van der Waals surface area contributed by atoms with Crippen molar-refractivity contribution >= 4 is 17.6 Å². The molecule has 24 heavy (non-hydrogen) atoms. The van der Waals surface area contributed by atoms with Gasteiger partial charge in [0.2, 0.25) is 0 Å². The molecule has 0 amide bonds. The molecule has 0 fully saturated rings. The molecule has 0 saturated carbocycles. The quantitative estimate of drug-likeness (QED) is 0.888. The van der Waals surface area contributed by atoms with Crippen LogP contribution in [0.25, 0.3) is 11.1 Å². The van der Waals surface area contributed by atoms with Gasteiger partial charge in [0.1, 0.15) is 12.3 Å². The zero-order chi connectivity index (χ0) is 18.0. The highest BCUT2D eigenvalue weighted by atomic mass is 35.5. The molecule has 2 aromatic rings. The Labute approximate surface area is 142 Å². The van der Waals surface area contributed by atoms with Gasteiger partial charge in [0.15, 0.2) is 0 Å². The van der Waals surface area contributed by atoms with Crippen LogP contribution in [0, 0.1) is 0 Å². The summed E-state index contributed by atoms with van der Waals surface area (Å²) >= 11 is 6.01. The monoisotopic (exact) mass is 352 g/mol. The molecular formula is C16H17ClN2O5. The van der Waals surface area contributed by atoms with Crippen molar-refractivity contribution in [1.82, 2.24) is 9.13 Å². The van der Waals surface area contributed by atoms with Crippen LogP contribution in [-0.2, 0) is 11.3 Å². The SMILES string of the molecule is COc1ccc(Cl)cc1-c1cn(CC(=O)O)c(=O)n(C(C)C)c1=O. The van der Waals surface area contributed by atoms with Crippen LogP contribution in [0.15, 0.2) is 34.0 Å². The van der Waals surface area contributed by atoms with Gasteiger partial charge < -0.3 is 9.84 Å². The van der Waals surface area contributed by atoms with Gasteiger partial charge in [-0.15, -0.1) is 0 Å². The molecule has 0 unspecified atom stereocenters. The molecule has 0 saturated heterocycles. The first-order valence-electron chi connectivity index (χ1n) is 7.18. The van der Waals surface area contributed by atoms with Gasteiger partial charge in [-0.3, -0.25) is 18.7 Å². The number of ether oxygens (including phenoxy) is 1. The van der Waals surface area contributed by atoms with Crippen LogP contribution in [-0.4, -0.2) is 27.3 Å². The van der Waals surface area contributed by atoms with Gasteiger partial charge in [-0.1, -0.05) is 11.6 Å². The summed E-state index contributed by atoms with van der Waals surface area (Å²) in [7, 11) is 1.45. The van der Waals surface area contributed by atoms with Gasteiger partial charge in [-0.2, -0.15) is 0 Å². The van der Waals surface area contributed by atoms with E-state index in [1.54, 1.807) is 26.0 Å². The van der Waals surface area contributed by atoms with Crippen LogP contribution in [0.1, 0.15) is 19.9 Å². The number of halogens is 1. The Morgan fingerprint density at radius 3 is 2.50 bits per heavy atom. The van der Waals surface area contributed by atoms with E-state index in [9.17, 15) is 14.4 Å². The third kappa shape index (κ3) is 3.35. The van der Waals surface area contributed by atoms with E-state index in [1.807, 2.05) is 0 Å². The minimum atomic E-state index is -1.19. The Morgan fingerprint density at radius 1 is 1.29 bits per heavy atom. The molecule has 0 spiro atoms. The maximum atomic E-state index is 12.8. The Bertz CT molecular complexity index is 898. The lowest BCUT2D eigenvalue weighted by Gasteiger charge is -2.16. The summed E-state index contributed by atoms with van der Waals surface area (Å²) in [5, 5.41) is 9.39. The van der Waals surface area contributed by atoms with Crippen molar-refractivity contribution in [3.05, 3.63) is 50.3 Å². The van der Waals surface area contributed by atoms with E-state index in [-0.39, 0.29) is 5.56 Å². The van der Waals surface area contributed by atoms with Crippen LogP contribution in [0.3, 0.4) is 0 Å². The predicted molar refractivity (Wildman–Crippen MR) is 90.0 cm³/mol. The summed E-state index contributed by atoms with van der Waals surface area (Å²) in [4.78, 5) is 36.1. The molecule has 0 radical (unpaired) electrons. The van der Waals surface area contributed by atoms with Crippen LogP contribution in [0.2, 0.25) is 5.02 Å². The maximum absolute atomic E-state index is 12.8. The highest BCUT2D eigenvalue weighted by molar-refractivity contribution is 6.31. The first kappa shape index (κ1) is 17.8. The molecule has 0 atom stereocenters. The van der Waals surface area contributed by atoms with E-state index < -0.39 is 29.8 Å². The second-order valence-corrected chi connectivity index (χ2v) is 5.90. The molecule has 2 rings (SSSR count). The second-order valence-electron chi connectivity index (χ2n) is 5.46. The molecular weight excluding hydrogens is 336 g/mol. The van der Waals surface area contributed by atoms with Crippen molar-refractivity contribution < 1.29 is 14.6 Å². The normalized spacial score (nSPS) is 10.9.